The first-order chi connectivity index (χ1) is 21.4. The smallest absolute Gasteiger partial charge is 0.408 e. The molecule has 0 bridgehead atoms. The quantitative estimate of drug-likeness (QED) is 0.155. The molecule has 5 rings (SSSR count). The Morgan fingerprint density at radius 1 is 1.00 bits per heavy atom. The van der Waals surface area contributed by atoms with E-state index in [2.05, 4.69) is 32.2 Å². The molecular formula is C30H30ClN7O6. The molecule has 0 saturated heterocycles. The van der Waals surface area contributed by atoms with Crippen molar-refractivity contribution >= 4 is 17.7 Å². The highest BCUT2D eigenvalue weighted by molar-refractivity contribution is 6.30. The Kier molecular flexibility index (Phi) is 10.1. The molecule has 0 radical (unpaired) electrons. The zero-order valence-electron chi connectivity index (χ0n) is 23.7. The summed E-state index contributed by atoms with van der Waals surface area (Å²) in [6.07, 6.45) is 1.90. The second kappa shape index (κ2) is 14.3. The maximum Gasteiger partial charge on any atom is 0.459 e. The van der Waals surface area contributed by atoms with Gasteiger partial charge in [-0.15, -0.1) is 10.2 Å². The number of rotatable bonds is 12. The van der Waals surface area contributed by atoms with Crippen LogP contribution in [-0.2, 0) is 31.0 Å². The number of hydrogen-bond donors (Lipinski definition) is 3. The van der Waals surface area contributed by atoms with Crippen molar-refractivity contribution < 1.29 is 29.9 Å². The molecule has 0 aliphatic heterocycles. The predicted octanol–water partition coefficient (Wildman–Crippen LogP) is 5.30. The molecule has 3 N–H and O–H groups in total. The molecule has 2 aromatic heterocycles. The van der Waals surface area contributed by atoms with Crippen LogP contribution in [0, 0.1) is 0 Å². The minimum absolute atomic E-state index is 0.163. The number of carbonyl (C=O) groups is 1. The Morgan fingerprint density at radius 2 is 1.77 bits per heavy atom. The lowest BCUT2D eigenvalue weighted by molar-refractivity contribution is -0.497. The molecule has 0 aliphatic carbocycles. The zero-order chi connectivity index (χ0) is 31.1. The summed E-state index contributed by atoms with van der Waals surface area (Å²) < 4.78 is 7.33. The van der Waals surface area contributed by atoms with Crippen LogP contribution in [0.1, 0.15) is 42.4 Å². The molecule has 13 nitrogen and oxygen atoms in total. The highest BCUT2D eigenvalue weighted by Crippen LogP contribution is 2.30. The van der Waals surface area contributed by atoms with E-state index in [4.69, 9.17) is 26.8 Å². The van der Waals surface area contributed by atoms with Crippen LogP contribution in [0.15, 0.2) is 72.8 Å². The molecule has 2 heterocycles. The predicted molar refractivity (Wildman–Crippen MR) is 158 cm³/mol. The van der Waals surface area contributed by atoms with Crippen molar-refractivity contribution in [3.05, 3.63) is 101 Å². The van der Waals surface area contributed by atoms with Crippen molar-refractivity contribution in [2.75, 3.05) is 0 Å². The number of tetrazole rings is 1. The molecule has 0 spiro atoms. The largest absolute Gasteiger partial charge is 0.459 e. The number of aromatic nitrogens is 6. The van der Waals surface area contributed by atoms with Crippen LogP contribution in [0.5, 0.6) is 5.75 Å². The monoisotopic (exact) mass is 619 g/mol. The Hall–Kier alpha value is -4.50. The van der Waals surface area contributed by atoms with E-state index in [0.717, 1.165) is 46.6 Å². The first-order valence-electron chi connectivity index (χ1n) is 13.8. The third kappa shape index (κ3) is 7.34. The number of hydrogen-bond acceptors (Lipinski definition) is 11. The Morgan fingerprint density at radius 3 is 2.50 bits per heavy atom. The summed E-state index contributed by atoms with van der Waals surface area (Å²) in [5, 5.41) is 39.5. The number of carbonyl (C=O) groups excluding carboxylic acids is 1. The SMILES string of the molecule is CCCCc1nc(Cl)c(CO)n1Cc1ccc(-c2ccccc2-c2nnn(C(=O)Oc3cccc(CON(O)O)c3)n2)cc1. The summed E-state index contributed by atoms with van der Waals surface area (Å²) in [5.74, 6) is 1.26. The van der Waals surface area contributed by atoms with Crippen LogP contribution in [0.3, 0.4) is 0 Å². The lowest BCUT2D eigenvalue weighted by Crippen LogP contribution is -2.20. The fourth-order valence-corrected chi connectivity index (χ4v) is 4.90. The first kappa shape index (κ1) is 30.9. The summed E-state index contributed by atoms with van der Waals surface area (Å²) in [4.78, 5) is 22.5. The van der Waals surface area contributed by atoms with E-state index in [1.807, 2.05) is 53.1 Å². The number of aryl methyl sites for hydroxylation is 1. The molecule has 0 fully saturated rings. The molecule has 0 saturated carbocycles. The Balaban J connectivity index is 1.32. The average Bonchev–Trinajstić information content (AvgIpc) is 3.64. The number of nitrogens with zero attached hydrogens (tertiary/aromatic N) is 7. The summed E-state index contributed by atoms with van der Waals surface area (Å²) in [6.45, 7) is 2.28. The van der Waals surface area contributed by atoms with Gasteiger partial charge < -0.3 is 14.4 Å². The van der Waals surface area contributed by atoms with E-state index in [1.165, 1.54) is 6.07 Å². The van der Waals surface area contributed by atoms with E-state index < -0.39 is 11.5 Å². The van der Waals surface area contributed by atoms with Gasteiger partial charge in [0.25, 0.3) is 0 Å². The molecule has 0 atom stereocenters. The van der Waals surface area contributed by atoms with Gasteiger partial charge >= 0.3 is 6.09 Å². The number of benzene rings is 3. The second-order valence-corrected chi connectivity index (χ2v) is 10.2. The number of aliphatic hydroxyl groups is 1. The number of ether oxygens (including phenoxy) is 1. The number of imidazole rings is 1. The van der Waals surface area contributed by atoms with Gasteiger partial charge in [0.1, 0.15) is 11.6 Å². The van der Waals surface area contributed by atoms with E-state index in [1.54, 1.807) is 18.2 Å². The Bertz CT molecular complexity index is 1720. The summed E-state index contributed by atoms with van der Waals surface area (Å²) in [7, 11) is 0. The fraction of sp³-hybridized carbons (Fsp3) is 0.233. The van der Waals surface area contributed by atoms with Gasteiger partial charge in [0.05, 0.1) is 24.3 Å². The second-order valence-electron chi connectivity index (χ2n) is 9.80. The molecule has 228 valence electrons. The molecule has 0 unspecified atom stereocenters. The molecule has 5 aromatic rings. The van der Waals surface area contributed by atoms with Gasteiger partial charge in [-0.05, 0) is 46.0 Å². The highest BCUT2D eigenvalue weighted by Gasteiger charge is 2.18. The van der Waals surface area contributed by atoms with Crippen molar-refractivity contribution in [1.29, 1.82) is 0 Å². The van der Waals surface area contributed by atoms with Gasteiger partial charge in [-0.3, -0.25) is 10.4 Å². The van der Waals surface area contributed by atoms with E-state index in [0.29, 0.717) is 28.5 Å². The third-order valence-corrected chi connectivity index (χ3v) is 7.11. The lowest BCUT2D eigenvalue weighted by Gasteiger charge is -2.12. The van der Waals surface area contributed by atoms with E-state index >= 15 is 0 Å². The lowest BCUT2D eigenvalue weighted by atomic mass is 9.98. The molecule has 0 aliphatic rings. The minimum atomic E-state index is -0.880. The average molecular weight is 620 g/mol. The van der Waals surface area contributed by atoms with Crippen molar-refractivity contribution in [2.45, 2.75) is 45.9 Å². The van der Waals surface area contributed by atoms with Crippen molar-refractivity contribution in [3.8, 4) is 28.3 Å². The zero-order valence-corrected chi connectivity index (χ0v) is 24.5. The summed E-state index contributed by atoms with van der Waals surface area (Å²) >= 11 is 6.30. The van der Waals surface area contributed by atoms with Crippen LogP contribution in [0.4, 0.5) is 4.79 Å². The molecule has 14 heteroatoms. The third-order valence-electron chi connectivity index (χ3n) is 6.81. The summed E-state index contributed by atoms with van der Waals surface area (Å²) in [5.41, 5.74) is 4.55. The molecule has 44 heavy (non-hydrogen) atoms. The fourth-order valence-electron chi connectivity index (χ4n) is 4.64. The van der Waals surface area contributed by atoms with Gasteiger partial charge in [-0.2, -0.15) is 0 Å². The normalized spacial score (nSPS) is 11.3. The molecule has 3 aromatic carbocycles. The standard InChI is InChI=1S/C30H30ClN7O6/c1-2-3-11-27-32-28(31)26(18-39)36(27)17-20-12-14-22(15-13-20)24-9-4-5-10-25(24)29-33-35-37(34-29)30(40)44-23-8-6-7-21(16-23)19-43-38(41)42/h4-10,12-16,39,41-42H,2-3,11,17-19H2,1H3. The van der Waals surface area contributed by atoms with Crippen molar-refractivity contribution in [3.63, 3.8) is 0 Å². The Labute approximate surface area is 257 Å². The van der Waals surface area contributed by atoms with Gasteiger partial charge in [0.2, 0.25) is 5.82 Å². The molecular weight excluding hydrogens is 590 g/mol. The summed E-state index contributed by atoms with van der Waals surface area (Å²) in [6, 6.07) is 21.8. The maximum absolute atomic E-state index is 12.7. The first-order valence-corrected chi connectivity index (χ1v) is 14.2. The minimum Gasteiger partial charge on any atom is -0.408 e. The van der Waals surface area contributed by atoms with E-state index in [9.17, 15) is 9.90 Å². The highest BCUT2D eigenvalue weighted by atomic mass is 35.5. The van der Waals surface area contributed by atoms with Gasteiger partial charge in [-0.1, -0.05) is 90.4 Å². The van der Waals surface area contributed by atoms with Crippen molar-refractivity contribution in [1.82, 2.24) is 35.1 Å². The van der Waals surface area contributed by atoms with Crippen LogP contribution >= 0.6 is 11.6 Å². The topological polar surface area (TPSA) is 161 Å². The van der Waals surface area contributed by atoms with Crippen molar-refractivity contribution in [2.24, 2.45) is 0 Å². The van der Waals surface area contributed by atoms with Crippen LogP contribution < -0.4 is 4.74 Å². The van der Waals surface area contributed by atoms with Crippen LogP contribution in [-0.4, -0.2) is 56.8 Å². The number of unbranched alkanes of at least 4 members (excludes halogenated alkanes) is 1. The van der Waals surface area contributed by atoms with E-state index in [-0.39, 0.29) is 24.8 Å². The van der Waals surface area contributed by atoms with Crippen LogP contribution in [0.25, 0.3) is 22.5 Å². The van der Waals surface area contributed by atoms with Gasteiger partial charge in [-0.25, -0.2) is 14.6 Å². The molecule has 0 amide bonds. The van der Waals surface area contributed by atoms with Crippen LogP contribution in [0.2, 0.25) is 5.15 Å². The van der Waals surface area contributed by atoms with Gasteiger partial charge in [0.15, 0.2) is 5.15 Å². The van der Waals surface area contributed by atoms with Gasteiger partial charge in [0, 0.05) is 18.5 Å². The number of halogens is 1. The number of aliphatic hydroxyl groups excluding tert-OH is 1. The maximum atomic E-state index is 12.7.